The first-order chi connectivity index (χ1) is 6.03. The standard InChI is InChI=1S/C8H14O5/c1-8(2)12-5-4(3-9)11-7(10)6(5)13-8/h4-7,9-10H,3H2,1-2H3/t4-,5?,6?,7+/m1/s1. The highest BCUT2D eigenvalue weighted by molar-refractivity contribution is 4.94. The molecule has 2 aliphatic rings. The van der Waals surface area contributed by atoms with Gasteiger partial charge < -0.3 is 24.4 Å². The lowest BCUT2D eigenvalue weighted by Gasteiger charge is -2.21. The summed E-state index contributed by atoms with van der Waals surface area (Å²) in [6.45, 7) is 3.37. The van der Waals surface area contributed by atoms with Crippen LogP contribution < -0.4 is 0 Å². The normalized spacial score (nSPS) is 48.0. The third-order valence-electron chi connectivity index (χ3n) is 2.31. The van der Waals surface area contributed by atoms with Crippen molar-refractivity contribution in [3.63, 3.8) is 0 Å². The lowest BCUT2D eigenvalue weighted by atomic mass is 10.1. The van der Waals surface area contributed by atoms with Crippen molar-refractivity contribution in [2.75, 3.05) is 6.61 Å². The number of hydrogen-bond acceptors (Lipinski definition) is 5. The summed E-state index contributed by atoms with van der Waals surface area (Å²) in [6.07, 6.45) is -2.33. The Hall–Kier alpha value is -0.200. The zero-order chi connectivity index (χ0) is 9.64. The van der Waals surface area contributed by atoms with Crippen LogP contribution in [-0.4, -0.2) is 47.2 Å². The fraction of sp³-hybridized carbons (Fsp3) is 1.00. The van der Waals surface area contributed by atoms with E-state index in [1.54, 1.807) is 13.8 Å². The van der Waals surface area contributed by atoms with Gasteiger partial charge in [-0.05, 0) is 13.8 Å². The van der Waals surface area contributed by atoms with Gasteiger partial charge in [0.15, 0.2) is 12.1 Å². The van der Waals surface area contributed by atoms with Crippen LogP contribution in [0.5, 0.6) is 0 Å². The molecule has 2 heterocycles. The molecule has 0 amide bonds. The summed E-state index contributed by atoms with van der Waals surface area (Å²) in [4.78, 5) is 0. The van der Waals surface area contributed by atoms with Crippen LogP contribution in [-0.2, 0) is 14.2 Å². The molecule has 0 aromatic heterocycles. The lowest BCUT2D eigenvalue weighted by molar-refractivity contribution is -0.223. The molecule has 13 heavy (non-hydrogen) atoms. The van der Waals surface area contributed by atoms with Gasteiger partial charge >= 0.3 is 0 Å². The summed E-state index contributed by atoms with van der Waals surface area (Å²) in [5.74, 6) is -0.701. The molecule has 0 aliphatic carbocycles. The predicted molar refractivity (Wildman–Crippen MR) is 41.8 cm³/mol. The number of ether oxygens (including phenoxy) is 3. The minimum absolute atomic E-state index is 0.169. The minimum Gasteiger partial charge on any atom is -0.394 e. The lowest BCUT2D eigenvalue weighted by Crippen LogP contribution is -2.31. The molecule has 76 valence electrons. The number of aliphatic hydroxyl groups is 2. The third-order valence-corrected chi connectivity index (χ3v) is 2.31. The number of aliphatic hydroxyl groups excluding tert-OH is 2. The largest absolute Gasteiger partial charge is 0.394 e. The SMILES string of the molecule is CC1(C)OC2C(O1)[C@@H](CO)O[C@@H]2O. The predicted octanol–water partition coefficient (Wildman–Crippen LogP) is -0.784. The Bertz CT molecular complexity index is 205. The summed E-state index contributed by atoms with van der Waals surface area (Å²) >= 11 is 0. The van der Waals surface area contributed by atoms with Crippen molar-refractivity contribution < 1.29 is 24.4 Å². The van der Waals surface area contributed by atoms with Crippen molar-refractivity contribution in [1.29, 1.82) is 0 Å². The Morgan fingerprint density at radius 2 is 1.85 bits per heavy atom. The molecule has 0 aromatic rings. The van der Waals surface area contributed by atoms with Crippen LogP contribution in [0.1, 0.15) is 13.8 Å². The van der Waals surface area contributed by atoms with Crippen LogP contribution in [0.15, 0.2) is 0 Å². The number of fused-ring (bicyclic) bond motifs is 1. The van der Waals surface area contributed by atoms with E-state index in [0.29, 0.717) is 0 Å². The van der Waals surface area contributed by atoms with Crippen molar-refractivity contribution in [1.82, 2.24) is 0 Å². The molecule has 2 saturated heterocycles. The molecule has 0 spiro atoms. The van der Waals surface area contributed by atoms with Gasteiger partial charge in [0.1, 0.15) is 18.3 Å². The Labute approximate surface area is 76.2 Å². The van der Waals surface area contributed by atoms with Crippen molar-refractivity contribution in [2.45, 2.75) is 44.2 Å². The second-order valence-corrected chi connectivity index (χ2v) is 3.81. The van der Waals surface area contributed by atoms with Gasteiger partial charge in [-0.3, -0.25) is 0 Å². The summed E-state index contributed by atoms with van der Waals surface area (Å²) in [7, 11) is 0. The van der Waals surface area contributed by atoms with E-state index in [2.05, 4.69) is 0 Å². The summed E-state index contributed by atoms with van der Waals surface area (Å²) in [5.41, 5.74) is 0. The van der Waals surface area contributed by atoms with Gasteiger partial charge in [-0.15, -0.1) is 0 Å². The second kappa shape index (κ2) is 2.90. The van der Waals surface area contributed by atoms with Gasteiger partial charge in [0.05, 0.1) is 6.61 Å². The summed E-state index contributed by atoms with van der Waals surface area (Å²) < 4.78 is 15.9. The fourth-order valence-corrected chi connectivity index (χ4v) is 1.81. The van der Waals surface area contributed by atoms with E-state index < -0.39 is 24.3 Å². The molecule has 0 saturated carbocycles. The molecule has 2 N–H and O–H groups in total. The zero-order valence-electron chi connectivity index (χ0n) is 7.64. The van der Waals surface area contributed by atoms with Crippen LogP contribution in [0.25, 0.3) is 0 Å². The Morgan fingerprint density at radius 1 is 1.23 bits per heavy atom. The molecule has 0 radical (unpaired) electrons. The topological polar surface area (TPSA) is 68.2 Å². The third kappa shape index (κ3) is 1.47. The van der Waals surface area contributed by atoms with Crippen molar-refractivity contribution in [3.8, 4) is 0 Å². The van der Waals surface area contributed by atoms with Crippen LogP contribution in [0.2, 0.25) is 0 Å². The van der Waals surface area contributed by atoms with Gasteiger partial charge in [-0.2, -0.15) is 0 Å². The van der Waals surface area contributed by atoms with Crippen LogP contribution in [0, 0.1) is 0 Å². The van der Waals surface area contributed by atoms with E-state index in [-0.39, 0.29) is 12.7 Å². The van der Waals surface area contributed by atoms with Gasteiger partial charge in [0, 0.05) is 0 Å². The first kappa shape index (κ1) is 9.36. The minimum atomic E-state index is -0.996. The monoisotopic (exact) mass is 190 g/mol. The molecule has 5 heteroatoms. The Morgan fingerprint density at radius 3 is 2.46 bits per heavy atom. The average molecular weight is 190 g/mol. The highest BCUT2D eigenvalue weighted by atomic mass is 16.8. The maximum absolute atomic E-state index is 9.39. The molecular formula is C8H14O5. The molecule has 0 bridgehead atoms. The summed E-state index contributed by atoms with van der Waals surface area (Å²) in [6, 6.07) is 0. The molecule has 0 aromatic carbocycles. The van der Waals surface area contributed by atoms with Crippen molar-refractivity contribution in [2.24, 2.45) is 0 Å². The molecule has 2 rings (SSSR count). The summed E-state index contributed by atoms with van der Waals surface area (Å²) in [5, 5.41) is 18.3. The van der Waals surface area contributed by atoms with Crippen molar-refractivity contribution in [3.05, 3.63) is 0 Å². The highest BCUT2D eigenvalue weighted by Gasteiger charge is 2.54. The van der Waals surface area contributed by atoms with Crippen LogP contribution in [0.4, 0.5) is 0 Å². The number of rotatable bonds is 1. The van der Waals surface area contributed by atoms with E-state index in [1.807, 2.05) is 0 Å². The second-order valence-electron chi connectivity index (χ2n) is 3.81. The first-order valence-corrected chi connectivity index (χ1v) is 4.33. The van der Waals surface area contributed by atoms with Gasteiger partial charge in [-0.1, -0.05) is 0 Å². The molecule has 2 fully saturated rings. The van der Waals surface area contributed by atoms with Crippen molar-refractivity contribution >= 4 is 0 Å². The molecular weight excluding hydrogens is 176 g/mol. The molecule has 2 aliphatic heterocycles. The molecule has 2 unspecified atom stereocenters. The average Bonchev–Trinajstić information content (AvgIpc) is 2.47. The maximum atomic E-state index is 9.39. The maximum Gasteiger partial charge on any atom is 0.184 e. The van der Waals surface area contributed by atoms with E-state index in [9.17, 15) is 5.11 Å². The smallest absolute Gasteiger partial charge is 0.184 e. The highest BCUT2D eigenvalue weighted by Crippen LogP contribution is 2.37. The Kier molecular flexibility index (Phi) is 2.08. The fourth-order valence-electron chi connectivity index (χ4n) is 1.81. The first-order valence-electron chi connectivity index (χ1n) is 4.33. The van der Waals surface area contributed by atoms with Gasteiger partial charge in [0.25, 0.3) is 0 Å². The number of hydrogen-bond donors (Lipinski definition) is 2. The Balaban J connectivity index is 2.12. The van der Waals surface area contributed by atoms with E-state index >= 15 is 0 Å². The van der Waals surface area contributed by atoms with Gasteiger partial charge in [0.2, 0.25) is 0 Å². The quantitative estimate of drug-likeness (QED) is 0.567. The van der Waals surface area contributed by atoms with Crippen LogP contribution in [0.3, 0.4) is 0 Å². The van der Waals surface area contributed by atoms with Crippen LogP contribution >= 0.6 is 0 Å². The zero-order valence-corrected chi connectivity index (χ0v) is 7.64. The van der Waals surface area contributed by atoms with E-state index in [1.165, 1.54) is 0 Å². The molecule has 5 nitrogen and oxygen atoms in total. The molecule has 4 atom stereocenters. The van der Waals surface area contributed by atoms with E-state index in [0.717, 1.165) is 0 Å². The van der Waals surface area contributed by atoms with Gasteiger partial charge in [-0.25, -0.2) is 0 Å². The van der Waals surface area contributed by atoms with E-state index in [4.69, 9.17) is 19.3 Å².